The smallest absolute Gasteiger partial charge is 0.193 e. The van der Waals surface area contributed by atoms with Gasteiger partial charge in [-0.1, -0.05) is 23.8 Å². The second kappa shape index (κ2) is 9.73. The fourth-order valence-electron chi connectivity index (χ4n) is 2.93. The Bertz CT molecular complexity index is 903. The third-order valence-electron chi connectivity index (χ3n) is 4.53. The molecule has 1 N–H and O–H groups in total. The highest BCUT2D eigenvalue weighted by Gasteiger charge is 2.07. The number of likely N-dealkylation sites (N-methyl/N-ethyl adjacent to an activating group) is 1. The lowest BCUT2D eigenvalue weighted by molar-refractivity contribution is 0.281. The maximum absolute atomic E-state index is 5.80. The predicted octanol–water partition coefficient (Wildman–Crippen LogP) is 2.56. The molecule has 0 radical (unpaired) electrons. The minimum atomic E-state index is 0.603. The fourth-order valence-corrected chi connectivity index (χ4v) is 2.93. The zero-order chi connectivity index (χ0) is 19.8. The monoisotopic (exact) mass is 380 g/mol. The molecule has 2 aromatic heterocycles. The first kappa shape index (κ1) is 19.7. The summed E-state index contributed by atoms with van der Waals surface area (Å²) in [5.41, 5.74) is 2.11. The summed E-state index contributed by atoms with van der Waals surface area (Å²) in [6.07, 6.45) is 3.80. The minimum Gasteiger partial charge on any atom is -0.492 e. The molecule has 28 heavy (non-hydrogen) atoms. The maximum atomic E-state index is 5.80. The molecule has 0 bridgehead atoms. The highest BCUT2D eigenvalue weighted by atomic mass is 16.5. The minimum absolute atomic E-state index is 0.603. The second-order valence-corrected chi connectivity index (χ2v) is 6.71. The van der Waals surface area contributed by atoms with Crippen LogP contribution in [0.1, 0.15) is 17.8 Å². The normalized spacial score (nSPS) is 11.6. The first-order chi connectivity index (χ1) is 13.7. The van der Waals surface area contributed by atoms with Crippen molar-refractivity contribution < 1.29 is 4.74 Å². The third-order valence-corrected chi connectivity index (χ3v) is 4.53. The molecule has 0 atom stereocenters. The Morgan fingerprint density at radius 2 is 2.00 bits per heavy atom. The van der Waals surface area contributed by atoms with Gasteiger partial charge in [0.1, 0.15) is 18.2 Å². The molecular formula is C21H28N6O. The number of ether oxygens (including phenoxy) is 1. The highest BCUT2D eigenvalue weighted by molar-refractivity contribution is 5.79. The number of aromatic nitrogens is 3. The van der Waals surface area contributed by atoms with Gasteiger partial charge in [-0.15, -0.1) is 10.2 Å². The molecule has 7 nitrogen and oxygen atoms in total. The average Bonchev–Trinajstić information content (AvgIpc) is 3.12. The van der Waals surface area contributed by atoms with E-state index in [-0.39, 0.29) is 0 Å². The Balaban J connectivity index is 1.39. The van der Waals surface area contributed by atoms with Crippen LogP contribution in [0.4, 0.5) is 0 Å². The summed E-state index contributed by atoms with van der Waals surface area (Å²) in [6.45, 7) is 4.24. The van der Waals surface area contributed by atoms with Crippen LogP contribution < -0.4 is 10.1 Å². The van der Waals surface area contributed by atoms with Gasteiger partial charge in [-0.05, 0) is 37.6 Å². The van der Waals surface area contributed by atoms with Crippen molar-refractivity contribution in [3.05, 3.63) is 60.0 Å². The molecule has 0 aliphatic carbocycles. The molecule has 1 aromatic carbocycles. The van der Waals surface area contributed by atoms with Gasteiger partial charge in [0.15, 0.2) is 11.6 Å². The number of hydrogen-bond acceptors (Lipinski definition) is 4. The molecule has 148 valence electrons. The van der Waals surface area contributed by atoms with E-state index in [1.54, 1.807) is 7.05 Å². The zero-order valence-corrected chi connectivity index (χ0v) is 16.8. The number of guanidine groups is 1. The maximum Gasteiger partial charge on any atom is 0.193 e. The first-order valence-corrected chi connectivity index (χ1v) is 9.57. The number of benzene rings is 1. The Labute approximate surface area is 166 Å². The van der Waals surface area contributed by atoms with Crippen molar-refractivity contribution in [3.63, 3.8) is 0 Å². The summed E-state index contributed by atoms with van der Waals surface area (Å²) in [5, 5.41) is 11.9. The zero-order valence-electron chi connectivity index (χ0n) is 16.8. The number of fused-ring (bicyclic) bond motifs is 1. The van der Waals surface area contributed by atoms with Crippen molar-refractivity contribution in [2.75, 3.05) is 33.8 Å². The van der Waals surface area contributed by atoms with E-state index in [1.807, 2.05) is 48.0 Å². The molecular weight excluding hydrogens is 352 g/mol. The molecule has 0 unspecified atom stereocenters. The van der Waals surface area contributed by atoms with E-state index in [0.29, 0.717) is 6.61 Å². The van der Waals surface area contributed by atoms with Crippen molar-refractivity contribution in [3.8, 4) is 5.75 Å². The van der Waals surface area contributed by atoms with Gasteiger partial charge in [0.05, 0.1) is 6.54 Å². The van der Waals surface area contributed by atoms with Crippen LogP contribution in [0.25, 0.3) is 5.65 Å². The summed E-state index contributed by atoms with van der Waals surface area (Å²) in [5.74, 6) is 2.73. The number of hydrogen-bond donors (Lipinski definition) is 1. The van der Waals surface area contributed by atoms with E-state index in [4.69, 9.17) is 4.74 Å². The number of nitrogens with one attached hydrogen (secondary N) is 1. The van der Waals surface area contributed by atoms with E-state index in [0.717, 1.165) is 49.1 Å². The van der Waals surface area contributed by atoms with Crippen LogP contribution in [-0.2, 0) is 6.42 Å². The number of pyridine rings is 1. The van der Waals surface area contributed by atoms with Crippen molar-refractivity contribution in [1.29, 1.82) is 0 Å². The Hall–Kier alpha value is -3.09. The Kier molecular flexibility index (Phi) is 6.84. The molecule has 0 saturated heterocycles. The quantitative estimate of drug-likeness (QED) is 0.370. The molecule has 2 heterocycles. The Morgan fingerprint density at radius 3 is 2.79 bits per heavy atom. The van der Waals surface area contributed by atoms with Gasteiger partial charge in [0, 0.05) is 33.3 Å². The molecule has 7 heteroatoms. The van der Waals surface area contributed by atoms with Crippen molar-refractivity contribution in [2.24, 2.45) is 4.99 Å². The molecule has 3 rings (SSSR count). The van der Waals surface area contributed by atoms with Gasteiger partial charge < -0.3 is 15.0 Å². The number of aryl methyl sites for hydroxylation is 2. The van der Waals surface area contributed by atoms with Crippen LogP contribution in [0.5, 0.6) is 5.75 Å². The average molecular weight is 380 g/mol. The van der Waals surface area contributed by atoms with Gasteiger partial charge >= 0.3 is 0 Å². The largest absolute Gasteiger partial charge is 0.492 e. The van der Waals surface area contributed by atoms with E-state index in [9.17, 15) is 0 Å². The highest BCUT2D eigenvalue weighted by Crippen LogP contribution is 2.11. The van der Waals surface area contributed by atoms with Crippen molar-refractivity contribution in [2.45, 2.75) is 19.8 Å². The molecule has 0 amide bonds. The lowest BCUT2D eigenvalue weighted by Crippen LogP contribution is -2.41. The van der Waals surface area contributed by atoms with Gasteiger partial charge in [-0.2, -0.15) is 0 Å². The van der Waals surface area contributed by atoms with Crippen molar-refractivity contribution >= 4 is 11.6 Å². The molecule has 0 fully saturated rings. The van der Waals surface area contributed by atoms with Gasteiger partial charge in [0.2, 0.25) is 0 Å². The van der Waals surface area contributed by atoms with Crippen LogP contribution in [-0.4, -0.2) is 59.2 Å². The third kappa shape index (κ3) is 5.22. The molecule has 0 aliphatic heterocycles. The summed E-state index contributed by atoms with van der Waals surface area (Å²) in [4.78, 5) is 6.42. The predicted molar refractivity (Wildman–Crippen MR) is 112 cm³/mol. The van der Waals surface area contributed by atoms with E-state index < -0.39 is 0 Å². The van der Waals surface area contributed by atoms with Crippen LogP contribution >= 0.6 is 0 Å². The van der Waals surface area contributed by atoms with Gasteiger partial charge in [0.25, 0.3) is 0 Å². The number of aliphatic imine (C=N–C) groups is 1. The lowest BCUT2D eigenvalue weighted by atomic mass is 10.2. The van der Waals surface area contributed by atoms with Crippen LogP contribution in [0.2, 0.25) is 0 Å². The van der Waals surface area contributed by atoms with Crippen LogP contribution in [0.3, 0.4) is 0 Å². The molecule has 3 aromatic rings. The summed E-state index contributed by atoms with van der Waals surface area (Å²) in [7, 11) is 3.81. The summed E-state index contributed by atoms with van der Waals surface area (Å²) >= 11 is 0. The second-order valence-electron chi connectivity index (χ2n) is 6.71. The van der Waals surface area contributed by atoms with E-state index in [2.05, 4.69) is 44.5 Å². The first-order valence-electron chi connectivity index (χ1n) is 9.57. The summed E-state index contributed by atoms with van der Waals surface area (Å²) < 4.78 is 7.83. The standard InChI is InChI=1S/C21H28N6O/c1-17-9-11-18(12-10-17)28-16-15-26(3)21(22-2)23-13-6-8-20-25-24-19-7-4-5-14-27(19)20/h4-5,7,9-12,14H,6,8,13,15-16H2,1-3H3,(H,22,23). The van der Waals surface area contributed by atoms with Crippen molar-refractivity contribution in [1.82, 2.24) is 24.8 Å². The molecule has 0 spiro atoms. The van der Waals surface area contributed by atoms with Crippen LogP contribution in [0, 0.1) is 6.92 Å². The van der Waals surface area contributed by atoms with Crippen LogP contribution in [0.15, 0.2) is 53.7 Å². The molecule has 0 aliphatic rings. The van der Waals surface area contributed by atoms with E-state index >= 15 is 0 Å². The Morgan fingerprint density at radius 1 is 1.18 bits per heavy atom. The SMILES string of the molecule is CN=C(NCCCc1nnc2ccccn12)N(C)CCOc1ccc(C)cc1. The number of rotatable bonds is 8. The lowest BCUT2D eigenvalue weighted by Gasteiger charge is -2.22. The molecule has 0 saturated carbocycles. The van der Waals surface area contributed by atoms with E-state index in [1.165, 1.54) is 5.56 Å². The topological polar surface area (TPSA) is 67.0 Å². The summed E-state index contributed by atoms with van der Waals surface area (Å²) in [6, 6.07) is 14.0. The fraction of sp³-hybridized carbons (Fsp3) is 0.381. The van der Waals surface area contributed by atoms with Gasteiger partial charge in [-0.3, -0.25) is 9.39 Å². The van der Waals surface area contributed by atoms with Gasteiger partial charge in [-0.25, -0.2) is 0 Å². The number of nitrogens with zero attached hydrogens (tertiary/aromatic N) is 5.